The van der Waals surface area contributed by atoms with Crippen molar-refractivity contribution in [3.63, 3.8) is 0 Å². The molecule has 7 heteroatoms. The molecular formula is C28H23BrFN5. The highest BCUT2D eigenvalue weighted by atomic mass is 79.9. The molecule has 2 aromatic heterocycles. The Balaban J connectivity index is 1.41. The monoisotopic (exact) mass is 527 g/mol. The number of nitrogens with zero attached hydrogens (tertiary/aromatic N) is 5. The second-order valence-electron chi connectivity index (χ2n) is 8.60. The van der Waals surface area contributed by atoms with E-state index in [9.17, 15) is 4.39 Å². The predicted octanol–water partition coefficient (Wildman–Crippen LogP) is 6.32. The van der Waals surface area contributed by atoms with Crippen LogP contribution in [0.5, 0.6) is 0 Å². The number of piperazine rings is 1. The Labute approximate surface area is 211 Å². The Morgan fingerprint density at radius 3 is 2.09 bits per heavy atom. The summed E-state index contributed by atoms with van der Waals surface area (Å²) in [4.78, 5) is 14.1. The maximum Gasteiger partial charge on any atom is 0.150 e. The summed E-state index contributed by atoms with van der Waals surface area (Å²) < 4.78 is 16.5. The SMILES string of the molecule is Fc1ccc(N2CCN(c3ncnc4c3c(-c3ccccc3)cn4-c3ccc(Br)cc3)CC2)cc1. The minimum atomic E-state index is -0.209. The number of rotatable bonds is 4. The molecule has 0 unspecified atom stereocenters. The van der Waals surface area contributed by atoms with Crippen molar-refractivity contribution in [2.75, 3.05) is 36.0 Å². The van der Waals surface area contributed by atoms with Gasteiger partial charge in [-0.15, -0.1) is 0 Å². The molecule has 0 atom stereocenters. The van der Waals surface area contributed by atoms with Crippen LogP contribution in [0.4, 0.5) is 15.9 Å². The molecule has 0 N–H and O–H groups in total. The molecule has 5 aromatic rings. The molecule has 1 aliphatic heterocycles. The van der Waals surface area contributed by atoms with E-state index in [1.54, 1.807) is 6.33 Å². The molecule has 1 saturated heterocycles. The Kier molecular flexibility index (Phi) is 5.70. The van der Waals surface area contributed by atoms with Crippen molar-refractivity contribution in [3.05, 3.63) is 102 Å². The molecule has 35 heavy (non-hydrogen) atoms. The van der Waals surface area contributed by atoms with Gasteiger partial charge in [-0.1, -0.05) is 46.3 Å². The smallest absolute Gasteiger partial charge is 0.150 e. The summed E-state index contributed by atoms with van der Waals surface area (Å²) in [5.74, 6) is 0.739. The van der Waals surface area contributed by atoms with E-state index in [4.69, 9.17) is 9.97 Å². The van der Waals surface area contributed by atoms with Gasteiger partial charge in [-0.2, -0.15) is 0 Å². The highest BCUT2D eigenvalue weighted by Gasteiger charge is 2.24. The van der Waals surface area contributed by atoms with Crippen molar-refractivity contribution in [1.82, 2.24) is 14.5 Å². The number of benzene rings is 3. The van der Waals surface area contributed by atoms with Gasteiger partial charge in [-0.25, -0.2) is 14.4 Å². The number of hydrogen-bond acceptors (Lipinski definition) is 4. The van der Waals surface area contributed by atoms with E-state index < -0.39 is 0 Å². The lowest BCUT2D eigenvalue weighted by molar-refractivity contribution is 0.624. The van der Waals surface area contributed by atoms with Gasteiger partial charge in [0, 0.05) is 53.8 Å². The summed E-state index contributed by atoms with van der Waals surface area (Å²) in [6.07, 6.45) is 3.82. The van der Waals surface area contributed by atoms with Crippen molar-refractivity contribution in [3.8, 4) is 16.8 Å². The van der Waals surface area contributed by atoms with Crippen LogP contribution >= 0.6 is 15.9 Å². The maximum absolute atomic E-state index is 13.4. The topological polar surface area (TPSA) is 37.2 Å². The molecule has 0 spiro atoms. The predicted molar refractivity (Wildman–Crippen MR) is 143 cm³/mol. The molecule has 0 amide bonds. The molecule has 174 valence electrons. The first kappa shape index (κ1) is 21.8. The van der Waals surface area contributed by atoms with Crippen LogP contribution in [0.3, 0.4) is 0 Å². The summed E-state index contributed by atoms with van der Waals surface area (Å²) in [7, 11) is 0. The molecular weight excluding hydrogens is 505 g/mol. The molecule has 5 nitrogen and oxygen atoms in total. The third-order valence-corrected chi connectivity index (χ3v) is 7.05. The molecule has 1 fully saturated rings. The average molecular weight is 528 g/mol. The lowest BCUT2D eigenvalue weighted by Crippen LogP contribution is -2.46. The quantitative estimate of drug-likeness (QED) is 0.274. The van der Waals surface area contributed by atoms with Gasteiger partial charge in [0.25, 0.3) is 0 Å². The molecule has 0 radical (unpaired) electrons. The zero-order valence-electron chi connectivity index (χ0n) is 19.0. The summed E-state index contributed by atoms with van der Waals surface area (Å²) in [5.41, 5.74) is 5.22. The number of fused-ring (bicyclic) bond motifs is 1. The van der Waals surface area contributed by atoms with E-state index in [2.05, 4.69) is 72.9 Å². The Morgan fingerprint density at radius 2 is 1.37 bits per heavy atom. The highest BCUT2D eigenvalue weighted by Crippen LogP contribution is 2.37. The molecule has 3 heterocycles. The largest absolute Gasteiger partial charge is 0.368 e. The molecule has 0 aliphatic carbocycles. The van der Waals surface area contributed by atoms with Gasteiger partial charge in [0.05, 0.1) is 5.39 Å². The van der Waals surface area contributed by atoms with Crippen LogP contribution in [0.15, 0.2) is 95.9 Å². The molecule has 6 rings (SSSR count). The van der Waals surface area contributed by atoms with Gasteiger partial charge in [0.2, 0.25) is 0 Å². The van der Waals surface area contributed by atoms with Crippen molar-refractivity contribution in [2.24, 2.45) is 0 Å². The average Bonchev–Trinajstić information content (AvgIpc) is 3.30. The van der Waals surface area contributed by atoms with Crippen LogP contribution in [0.25, 0.3) is 27.8 Å². The van der Waals surface area contributed by atoms with Crippen LogP contribution < -0.4 is 9.80 Å². The zero-order valence-corrected chi connectivity index (χ0v) is 20.6. The van der Waals surface area contributed by atoms with Gasteiger partial charge >= 0.3 is 0 Å². The number of anilines is 2. The minimum absolute atomic E-state index is 0.209. The number of halogens is 2. The van der Waals surface area contributed by atoms with E-state index in [1.165, 1.54) is 12.1 Å². The van der Waals surface area contributed by atoms with Gasteiger partial charge in [-0.05, 0) is 54.1 Å². The van der Waals surface area contributed by atoms with Gasteiger partial charge in [0.15, 0.2) is 5.65 Å². The van der Waals surface area contributed by atoms with Crippen molar-refractivity contribution in [2.45, 2.75) is 0 Å². The standard InChI is InChI=1S/C28H23BrFN5/c29-21-6-10-24(11-7-21)35-18-25(20-4-2-1-3-5-20)26-27(31-19-32-28(26)35)34-16-14-33(15-17-34)23-12-8-22(30)9-13-23/h1-13,18-19H,14-17H2. The summed E-state index contributed by atoms with van der Waals surface area (Å²) >= 11 is 3.53. The van der Waals surface area contributed by atoms with Crippen molar-refractivity contribution >= 4 is 38.5 Å². The van der Waals surface area contributed by atoms with Crippen LogP contribution in [-0.4, -0.2) is 40.7 Å². The van der Waals surface area contributed by atoms with Crippen LogP contribution in [0.1, 0.15) is 0 Å². The summed E-state index contributed by atoms with van der Waals surface area (Å²) in [6.45, 7) is 3.32. The van der Waals surface area contributed by atoms with E-state index in [1.807, 2.05) is 30.3 Å². The second kappa shape index (κ2) is 9.15. The fourth-order valence-corrected chi connectivity index (χ4v) is 5.01. The third-order valence-electron chi connectivity index (χ3n) is 6.52. The van der Waals surface area contributed by atoms with Gasteiger partial charge < -0.3 is 14.4 Å². The Bertz CT molecular complexity index is 1460. The molecule has 0 saturated carbocycles. The molecule has 0 bridgehead atoms. The highest BCUT2D eigenvalue weighted by molar-refractivity contribution is 9.10. The van der Waals surface area contributed by atoms with E-state index in [0.29, 0.717) is 0 Å². The van der Waals surface area contributed by atoms with Gasteiger partial charge in [0.1, 0.15) is 18.0 Å². The number of aromatic nitrogens is 3. The van der Waals surface area contributed by atoms with E-state index in [0.717, 1.165) is 70.0 Å². The number of hydrogen-bond donors (Lipinski definition) is 0. The Morgan fingerprint density at radius 1 is 0.714 bits per heavy atom. The van der Waals surface area contributed by atoms with Crippen LogP contribution in [-0.2, 0) is 0 Å². The first-order chi connectivity index (χ1) is 17.2. The summed E-state index contributed by atoms with van der Waals surface area (Å²) in [6, 6.07) is 25.4. The van der Waals surface area contributed by atoms with Gasteiger partial charge in [-0.3, -0.25) is 0 Å². The Hall–Kier alpha value is -3.71. The fourth-order valence-electron chi connectivity index (χ4n) is 4.75. The van der Waals surface area contributed by atoms with Crippen LogP contribution in [0.2, 0.25) is 0 Å². The second-order valence-corrected chi connectivity index (χ2v) is 9.52. The fraction of sp³-hybridized carbons (Fsp3) is 0.143. The first-order valence-corrected chi connectivity index (χ1v) is 12.4. The van der Waals surface area contributed by atoms with Crippen molar-refractivity contribution < 1.29 is 4.39 Å². The lowest BCUT2D eigenvalue weighted by atomic mass is 10.1. The first-order valence-electron chi connectivity index (χ1n) is 11.6. The van der Waals surface area contributed by atoms with Crippen molar-refractivity contribution in [1.29, 1.82) is 0 Å². The minimum Gasteiger partial charge on any atom is -0.368 e. The van der Waals surface area contributed by atoms with E-state index in [-0.39, 0.29) is 5.82 Å². The molecule has 1 aliphatic rings. The lowest BCUT2D eigenvalue weighted by Gasteiger charge is -2.37. The normalized spacial score (nSPS) is 14.0. The maximum atomic E-state index is 13.4. The van der Waals surface area contributed by atoms with Crippen LogP contribution in [0, 0.1) is 5.82 Å². The third kappa shape index (κ3) is 4.17. The zero-order chi connectivity index (χ0) is 23.8. The van der Waals surface area contributed by atoms with E-state index >= 15 is 0 Å². The molecule has 3 aromatic carbocycles. The summed E-state index contributed by atoms with van der Waals surface area (Å²) in [5, 5.41) is 1.05.